The number of esters is 1. The third kappa shape index (κ3) is 5.14. The zero-order valence-electron chi connectivity index (χ0n) is 20.3. The number of benzene rings is 1. The molecule has 3 aromatic heterocycles. The Morgan fingerprint density at radius 2 is 1.86 bits per heavy atom. The molecule has 1 fully saturated rings. The molecule has 186 valence electrons. The number of piperidine rings is 1. The lowest BCUT2D eigenvalue weighted by molar-refractivity contribution is -0.150. The SMILES string of the molecule is CC(C)CC(=O)OC1CCN(c2ccc(-n3cnn4cc(-c5ccc(Cl)cc5)cc4c3=O)cn2)CC1. The van der Waals surface area contributed by atoms with Crippen molar-refractivity contribution >= 4 is 28.9 Å². The number of pyridine rings is 1. The number of nitrogens with zero attached hydrogens (tertiary/aromatic N) is 5. The summed E-state index contributed by atoms with van der Waals surface area (Å²) in [5, 5.41) is 5.08. The van der Waals surface area contributed by atoms with Crippen LogP contribution in [0.25, 0.3) is 22.3 Å². The van der Waals surface area contributed by atoms with Gasteiger partial charge in [-0.3, -0.25) is 14.2 Å². The molecule has 0 spiro atoms. The molecule has 1 aliphatic rings. The minimum Gasteiger partial charge on any atom is -0.462 e. The Morgan fingerprint density at radius 1 is 1.11 bits per heavy atom. The van der Waals surface area contributed by atoms with E-state index < -0.39 is 0 Å². The minimum absolute atomic E-state index is 0.0389. The van der Waals surface area contributed by atoms with Crippen LogP contribution in [-0.4, -0.2) is 44.3 Å². The Kier molecular flexibility index (Phi) is 6.78. The molecule has 36 heavy (non-hydrogen) atoms. The molecule has 0 saturated carbocycles. The van der Waals surface area contributed by atoms with Crippen LogP contribution in [0.4, 0.5) is 5.82 Å². The summed E-state index contributed by atoms with van der Waals surface area (Å²) < 4.78 is 8.69. The van der Waals surface area contributed by atoms with Crippen LogP contribution in [0.3, 0.4) is 0 Å². The molecule has 5 rings (SSSR count). The third-order valence-corrected chi connectivity index (χ3v) is 6.61. The van der Waals surface area contributed by atoms with Gasteiger partial charge in [-0.05, 0) is 41.8 Å². The molecule has 1 saturated heterocycles. The monoisotopic (exact) mass is 505 g/mol. The lowest BCUT2D eigenvalue weighted by Crippen LogP contribution is -2.38. The maximum absolute atomic E-state index is 13.2. The van der Waals surface area contributed by atoms with Crippen molar-refractivity contribution < 1.29 is 9.53 Å². The summed E-state index contributed by atoms with van der Waals surface area (Å²) in [6.45, 7) is 5.55. The largest absolute Gasteiger partial charge is 0.462 e. The molecule has 8 nitrogen and oxygen atoms in total. The first-order chi connectivity index (χ1) is 17.4. The number of halogens is 1. The zero-order valence-corrected chi connectivity index (χ0v) is 21.1. The van der Waals surface area contributed by atoms with E-state index in [-0.39, 0.29) is 17.6 Å². The number of carbonyl (C=O) groups excluding carboxylic acids is 1. The van der Waals surface area contributed by atoms with E-state index in [0.717, 1.165) is 42.9 Å². The molecule has 4 aromatic rings. The van der Waals surface area contributed by atoms with Gasteiger partial charge in [0.15, 0.2) is 0 Å². The van der Waals surface area contributed by atoms with Crippen LogP contribution in [0.1, 0.15) is 33.1 Å². The van der Waals surface area contributed by atoms with Gasteiger partial charge in [-0.1, -0.05) is 37.6 Å². The van der Waals surface area contributed by atoms with Gasteiger partial charge in [0.2, 0.25) is 0 Å². The van der Waals surface area contributed by atoms with Gasteiger partial charge in [0.25, 0.3) is 5.56 Å². The van der Waals surface area contributed by atoms with Crippen LogP contribution in [-0.2, 0) is 9.53 Å². The van der Waals surface area contributed by atoms with Crippen LogP contribution in [0.15, 0.2) is 66.0 Å². The number of hydrogen-bond donors (Lipinski definition) is 0. The Labute approximate surface area is 214 Å². The van der Waals surface area contributed by atoms with Crippen molar-refractivity contribution in [1.82, 2.24) is 19.2 Å². The molecule has 0 amide bonds. The van der Waals surface area contributed by atoms with E-state index in [1.807, 2.05) is 62.5 Å². The lowest BCUT2D eigenvalue weighted by Gasteiger charge is -2.32. The average Bonchev–Trinajstić information content (AvgIpc) is 3.30. The first kappa shape index (κ1) is 24.1. The van der Waals surface area contributed by atoms with Gasteiger partial charge < -0.3 is 9.64 Å². The number of carbonyl (C=O) groups is 1. The third-order valence-electron chi connectivity index (χ3n) is 6.36. The van der Waals surface area contributed by atoms with Crippen molar-refractivity contribution in [1.29, 1.82) is 0 Å². The predicted molar refractivity (Wildman–Crippen MR) is 140 cm³/mol. The van der Waals surface area contributed by atoms with E-state index in [1.54, 1.807) is 10.7 Å². The van der Waals surface area contributed by atoms with Crippen molar-refractivity contribution in [3.63, 3.8) is 0 Å². The van der Waals surface area contributed by atoms with Gasteiger partial charge in [-0.2, -0.15) is 5.10 Å². The Morgan fingerprint density at radius 3 is 2.53 bits per heavy atom. The number of aromatic nitrogens is 4. The van der Waals surface area contributed by atoms with Crippen LogP contribution in [0.5, 0.6) is 0 Å². The van der Waals surface area contributed by atoms with Gasteiger partial charge >= 0.3 is 5.97 Å². The summed E-state index contributed by atoms with van der Waals surface area (Å²) in [6.07, 6.45) is 6.99. The van der Waals surface area contributed by atoms with Crippen molar-refractivity contribution in [3.8, 4) is 16.8 Å². The quantitative estimate of drug-likeness (QED) is 0.351. The molecule has 0 aliphatic carbocycles. The highest BCUT2D eigenvalue weighted by Crippen LogP contribution is 2.24. The van der Waals surface area contributed by atoms with E-state index in [4.69, 9.17) is 16.3 Å². The molecular weight excluding hydrogens is 478 g/mol. The van der Waals surface area contributed by atoms with Gasteiger partial charge in [0.1, 0.15) is 23.8 Å². The second-order valence-corrected chi connectivity index (χ2v) is 9.96. The summed E-state index contributed by atoms with van der Waals surface area (Å²) in [6, 6.07) is 13.1. The summed E-state index contributed by atoms with van der Waals surface area (Å²) in [5.74, 6) is 1.01. The molecule has 0 N–H and O–H groups in total. The minimum atomic E-state index is -0.177. The van der Waals surface area contributed by atoms with E-state index in [9.17, 15) is 9.59 Å². The lowest BCUT2D eigenvalue weighted by atomic mass is 10.1. The second kappa shape index (κ2) is 10.1. The highest BCUT2D eigenvalue weighted by Gasteiger charge is 2.23. The molecule has 1 aromatic carbocycles. The number of hydrogen-bond acceptors (Lipinski definition) is 6. The summed E-state index contributed by atoms with van der Waals surface area (Å²) in [5.41, 5.74) is 2.79. The fraction of sp³-hybridized carbons (Fsp3) is 0.333. The topological polar surface area (TPSA) is 81.7 Å². The molecule has 0 unspecified atom stereocenters. The fourth-order valence-electron chi connectivity index (χ4n) is 4.45. The van der Waals surface area contributed by atoms with Crippen LogP contribution in [0.2, 0.25) is 5.02 Å². The normalized spacial score (nSPS) is 14.5. The highest BCUT2D eigenvalue weighted by atomic mass is 35.5. The van der Waals surface area contributed by atoms with Gasteiger partial charge in [-0.15, -0.1) is 0 Å². The Hall–Kier alpha value is -3.65. The van der Waals surface area contributed by atoms with Crippen LogP contribution < -0.4 is 10.5 Å². The highest BCUT2D eigenvalue weighted by molar-refractivity contribution is 6.30. The van der Waals surface area contributed by atoms with Crippen molar-refractivity contribution in [2.75, 3.05) is 18.0 Å². The maximum atomic E-state index is 13.2. The first-order valence-corrected chi connectivity index (χ1v) is 12.5. The fourth-order valence-corrected chi connectivity index (χ4v) is 4.58. The molecular formula is C27H28ClN5O3. The smallest absolute Gasteiger partial charge is 0.306 e. The van der Waals surface area contributed by atoms with Gasteiger partial charge in [-0.25, -0.2) is 9.50 Å². The van der Waals surface area contributed by atoms with Crippen LogP contribution >= 0.6 is 11.6 Å². The zero-order chi connectivity index (χ0) is 25.2. The maximum Gasteiger partial charge on any atom is 0.306 e. The van der Waals surface area contributed by atoms with Gasteiger partial charge in [0, 0.05) is 49.1 Å². The van der Waals surface area contributed by atoms with E-state index in [2.05, 4.69) is 15.0 Å². The number of ether oxygens (including phenoxy) is 1. The summed E-state index contributed by atoms with van der Waals surface area (Å²) in [7, 11) is 0. The summed E-state index contributed by atoms with van der Waals surface area (Å²) in [4.78, 5) is 31.9. The van der Waals surface area contributed by atoms with E-state index in [1.165, 1.54) is 10.9 Å². The Bertz CT molecular complexity index is 1420. The first-order valence-electron chi connectivity index (χ1n) is 12.1. The second-order valence-electron chi connectivity index (χ2n) is 9.52. The van der Waals surface area contributed by atoms with Crippen molar-refractivity contribution in [2.24, 2.45) is 5.92 Å². The van der Waals surface area contributed by atoms with Crippen molar-refractivity contribution in [2.45, 2.75) is 39.2 Å². The number of fused-ring (bicyclic) bond motifs is 1. The predicted octanol–water partition coefficient (Wildman–Crippen LogP) is 4.76. The molecule has 0 atom stereocenters. The number of anilines is 1. The standard InChI is InChI=1S/C27H28ClN5O3/c1-18(2)13-26(34)36-23-9-11-31(12-10-23)25-8-7-22(15-29-25)32-17-30-33-16-20(14-24(33)27(32)35)19-3-5-21(28)6-4-19/h3-8,14-18,23H,9-13H2,1-2H3. The molecule has 1 aliphatic heterocycles. The van der Waals surface area contributed by atoms with E-state index in [0.29, 0.717) is 28.6 Å². The van der Waals surface area contributed by atoms with Gasteiger partial charge in [0.05, 0.1) is 11.9 Å². The average molecular weight is 506 g/mol. The summed E-state index contributed by atoms with van der Waals surface area (Å²) >= 11 is 5.99. The van der Waals surface area contributed by atoms with Crippen LogP contribution in [0, 0.1) is 5.92 Å². The molecule has 4 heterocycles. The van der Waals surface area contributed by atoms with E-state index >= 15 is 0 Å². The molecule has 9 heteroatoms. The Balaban J connectivity index is 1.29. The molecule has 0 bridgehead atoms. The van der Waals surface area contributed by atoms with Crippen molar-refractivity contribution in [3.05, 3.63) is 76.6 Å². The number of rotatable bonds is 6. The molecule has 0 radical (unpaired) electrons.